The van der Waals surface area contributed by atoms with Gasteiger partial charge in [-0.3, -0.25) is 14.4 Å². The number of carbonyl (C=O) groups is 4. The largest absolute Gasteiger partial charge is 0.497 e. The number of esters is 1. The molecule has 280 valence electrons. The second kappa shape index (κ2) is 19.2. The number of methoxy groups -OCH3 is 1. The molecule has 2 amide bonds. The van der Waals surface area contributed by atoms with Crippen LogP contribution in [0, 0.1) is 0 Å². The Kier molecular flexibility index (Phi) is 14.5. The molecule has 13 heteroatoms. The molecule has 0 atom stereocenters. The average molecular weight is 734 g/mol. The molecule has 1 heterocycles. The number of aromatic nitrogens is 1. The SMILES string of the molecule is CCCCCCCOc1ccc(C(=O)Oc2ccc(CN(CC(C)=O)C(=O)c3ccc(NC(=O)Cc4ccc(OC)cc4C(F)(F)F)cn3)cc2)cc1. The second-order valence-corrected chi connectivity index (χ2v) is 12.4. The molecule has 0 spiro atoms. The third-order valence-electron chi connectivity index (χ3n) is 8.05. The molecule has 53 heavy (non-hydrogen) atoms. The molecule has 4 rings (SSSR count). The minimum atomic E-state index is -4.69. The Morgan fingerprint density at radius 3 is 2.13 bits per heavy atom. The van der Waals surface area contributed by atoms with Crippen LogP contribution < -0.4 is 19.5 Å². The zero-order valence-corrected chi connectivity index (χ0v) is 29.8. The van der Waals surface area contributed by atoms with Crippen molar-refractivity contribution in [2.75, 3.05) is 25.6 Å². The van der Waals surface area contributed by atoms with Gasteiger partial charge in [0.15, 0.2) is 0 Å². The Hall–Kier alpha value is -5.72. The molecule has 0 unspecified atom stereocenters. The molecule has 1 N–H and O–H groups in total. The average Bonchev–Trinajstić information content (AvgIpc) is 3.13. The van der Waals surface area contributed by atoms with Gasteiger partial charge in [0.05, 0.1) is 49.7 Å². The minimum absolute atomic E-state index is 0.00885. The zero-order chi connectivity index (χ0) is 38.4. The first-order chi connectivity index (χ1) is 25.4. The number of halogens is 3. The van der Waals surface area contributed by atoms with Crippen molar-refractivity contribution >= 4 is 29.3 Å². The molecular formula is C40H42F3N3O7. The number of carbonyl (C=O) groups excluding carboxylic acids is 4. The molecule has 4 aromatic rings. The van der Waals surface area contributed by atoms with Gasteiger partial charge in [-0.25, -0.2) is 9.78 Å². The van der Waals surface area contributed by atoms with Crippen molar-refractivity contribution < 1.29 is 46.6 Å². The molecule has 0 aliphatic rings. The van der Waals surface area contributed by atoms with E-state index in [4.69, 9.17) is 14.2 Å². The van der Waals surface area contributed by atoms with Crippen molar-refractivity contribution in [2.45, 2.75) is 65.1 Å². The summed E-state index contributed by atoms with van der Waals surface area (Å²) in [5.41, 5.74) is -0.0739. The fraction of sp³-hybridized carbons (Fsp3) is 0.325. The molecule has 0 aliphatic carbocycles. The molecule has 0 radical (unpaired) electrons. The Morgan fingerprint density at radius 2 is 1.51 bits per heavy atom. The number of ether oxygens (including phenoxy) is 3. The van der Waals surface area contributed by atoms with Gasteiger partial charge in [-0.15, -0.1) is 0 Å². The van der Waals surface area contributed by atoms with Crippen LogP contribution in [-0.2, 0) is 28.7 Å². The summed E-state index contributed by atoms with van der Waals surface area (Å²) in [6.45, 7) is 3.96. The van der Waals surface area contributed by atoms with Crippen LogP contribution in [0.4, 0.5) is 18.9 Å². The molecule has 0 fully saturated rings. The van der Waals surface area contributed by atoms with Crippen molar-refractivity contribution in [3.05, 3.63) is 113 Å². The van der Waals surface area contributed by atoms with Crippen molar-refractivity contribution in [2.24, 2.45) is 0 Å². The minimum Gasteiger partial charge on any atom is -0.497 e. The number of rotatable bonds is 18. The van der Waals surface area contributed by atoms with Gasteiger partial charge >= 0.3 is 12.1 Å². The van der Waals surface area contributed by atoms with E-state index in [1.807, 2.05) is 0 Å². The lowest BCUT2D eigenvalue weighted by atomic mass is 10.0. The van der Waals surface area contributed by atoms with Gasteiger partial charge in [-0.05, 0) is 85.1 Å². The van der Waals surface area contributed by atoms with Gasteiger partial charge in [0.1, 0.15) is 28.7 Å². The Labute approximate surface area is 306 Å². The predicted octanol–water partition coefficient (Wildman–Crippen LogP) is 8.09. The monoisotopic (exact) mass is 733 g/mol. The molecule has 0 saturated carbocycles. The number of nitrogens with one attached hydrogen (secondary N) is 1. The standard InChI is InChI=1S/C40H42F3N3O7/c1-4-5-6-7-8-21-52-32-17-11-29(12-18-32)39(50)53-33-15-9-28(10-16-33)26-46(25-27(2)47)38(49)36-20-14-31(24-44-36)45-37(48)22-30-13-19-34(51-3)23-35(30)40(41,42)43/h9-20,23-24H,4-8,21-22,25-26H2,1-3H3,(H,45,48). The number of anilines is 1. The lowest BCUT2D eigenvalue weighted by Gasteiger charge is -2.21. The van der Waals surface area contributed by atoms with Gasteiger partial charge in [0, 0.05) is 6.54 Å². The van der Waals surface area contributed by atoms with Gasteiger partial charge in [0.2, 0.25) is 5.91 Å². The highest BCUT2D eigenvalue weighted by Crippen LogP contribution is 2.35. The van der Waals surface area contributed by atoms with E-state index in [1.165, 1.54) is 68.7 Å². The van der Waals surface area contributed by atoms with E-state index in [-0.39, 0.29) is 47.3 Å². The van der Waals surface area contributed by atoms with Crippen LogP contribution in [0.5, 0.6) is 17.2 Å². The van der Waals surface area contributed by atoms with E-state index < -0.39 is 35.9 Å². The first-order valence-corrected chi connectivity index (χ1v) is 17.2. The number of benzene rings is 3. The number of pyridine rings is 1. The number of ketones is 1. The van der Waals surface area contributed by atoms with E-state index in [1.54, 1.807) is 48.5 Å². The van der Waals surface area contributed by atoms with Crippen LogP contribution in [-0.4, -0.2) is 53.7 Å². The molecule has 0 saturated heterocycles. The topological polar surface area (TPSA) is 124 Å². The van der Waals surface area contributed by atoms with Crippen LogP contribution in [0.25, 0.3) is 0 Å². The van der Waals surface area contributed by atoms with Crippen molar-refractivity contribution in [3.8, 4) is 17.2 Å². The summed E-state index contributed by atoms with van der Waals surface area (Å²) in [5.74, 6) is -1.13. The highest BCUT2D eigenvalue weighted by atomic mass is 19.4. The smallest absolute Gasteiger partial charge is 0.416 e. The summed E-state index contributed by atoms with van der Waals surface area (Å²) in [5, 5.41) is 2.49. The van der Waals surface area contributed by atoms with Crippen LogP contribution in [0.1, 0.15) is 83.5 Å². The normalized spacial score (nSPS) is 11.1. The summed E-state index contributed by atoms with van der Waals surface area (Å²) in [6.07, 6.45) is 1.63. The van der Waals surface area contributed by atoms with Gasteiger partial charge in [-0.1, -0.05) is 50.8 Å². The maximum Gasteiger partial charge on any atom is 0.416 e. The summed E-state index contributed by atoms with van der Waals surface area (Å²) >= 11 is 0. The molecule has 0 aliphatic heterocycles. The van der Waals surface area contributed by atoms with Crippen molar-refractivity contribution in [3.63, 3.8) is 0 Å². The lowest BCUT2D eigenvalue weighted by molar-refractivity contribution is -0.138. The maximum absolute atomic E-state index is 13.6. The third-order valence-corrected chi connectivity index (χ3v) is 8.05. The van der Waals surface area contributed by atoms with Crippen LogP contribution >= 0.6 is 0 Å². The maximum atomic E-state index is 13.6. The number of Topliss-reactive ketones (excluding diaryl/α,β-unsaturated/α-hetero) is 1. The first kappa shape index (κ1) is 40.1. The quantitative estimate of drug-likeness (QED) is 0.0619. The van der Waals surface area contributed by atoms with Crippen LogP contribution in [0.3, 0.4) is 0 Å². The molecular weight excluding hydrogens is 691 g/mol. The summed E-state index contributed by atoms with van der Waals surface area (Å²) in [7, 11) is 1.25. The second-order valence-electron chi connectivity index (χ2n) is 12.4. The zero-order valence-electron chi connectivity index (χ0n) is 29.8. The number of hydrogen-bond acceptors (Lipinski definition) is 8. The number of hydrogen-bond donors (Lipinski definition) is 1. The van der Waals surface area contributed by atoms with E-state index in [0.29, 0.717) is 23.5 Å². The van der Waals surface area contributed by atoms with Crippen LogP contribution in [0.15, 0.2) is 85.1 Å². The van der Waals surface area contributed by atoms with E-state index in [2.05, 4.69) is 17.2 Å². The highest BCUT2D eigenvalue weighted by Gasteiger charge is 2.34. The van der Waals surface area contributed by atoms with E-state index in [0.717, 1.165) is 18.9 Å². The Morgan fingerprint density at radius 1 is 0.830 bits per heavy atom. The molecule has 3 aromatic carbocycles. The fourth-order valence-electron chi connectivity index (χ4n) is 5.34. The predicted molar refractivity (Wildman–Crippen MR) is 192 cm³/mol. The molecule has 10 nitrogen and oxygen atoms in total. The van der Waals surface area contributed by atoms with Gasteiger partial charge < -0.3 is 24.4 Å². The third kappa shape index (κ3) is 12.5. The highest BCUT2D eigenvalue weighted by molar-refractivity contribution is 5.96. The molecule has 0 bridgehead atoms. The number of nitrogens with zero attached hydrogens (tertiary/aromatic N) is 2. The number of amides is 2. The summed E-state index contributed by atoms with van der Waals surface area (Å²) in [4.78, 5) is 56.2. The Balaban J connectivity index is 1.32. The lowest BCUT2D eigenvalue weighted by Crippen LogP contribution is -2.35. The van der Waals surface area contributed by atoms with E-state index in [9.17, 15) is 32.3 Å². The molecule has 1 aromatic heterocycles. The van der Waals surface area contributed by atoms with Gasteiger partial charge in [0.25, 0.3) is 5.91 Å². The first-order valence-electron chi connectivity index (χ1n) is 17.2. The number of unbranched alkanes of at least 4 members (excludes halogenated alkanes) is 4. The van der Waals surface area contributed by atoms with Gasteiger partial charge in [-0.2, -0.15) is 13.2 Å². The fourth-order valence-corrected chi connectivity index (χ4v) is 5.34. The van der Waals surface area contributed by atoms with E-state index >= 15 is 0 Å². The van der Waals surface area contributed by atoms with Crippen LogP contribution in [0.2, 0.25) is 0 Å². The van der Waals surface area contributed by atoms with Crippen molar-refractivity contribution in [1.29, 1.82) is 0 Å². The summed E-state index contributed by atoms with van der Waals surface area (Å²) in [6, 6.07) is 19.3. The number of alkyl halides is 3. The van der Waals surface area contributed by atoms with Crippen molar-refractivity contribution in [1.82, 2.24) is 9.88 Å². The Bertz CT molecular complexity index is 1850. The summed E-state index contributed by atoms with van der Waals surface area (Å²) < 4.78 is 56.8.